The number of hydrogen-bond donors (Lipinski definition) is 0. The van der Waals surface area contributed by atoms with Crippen molar-refractivity contribution >= 4 is 11.6 Å². The smallest absolute Gasteiger partial charge is 0.214 e. The standard InChI is InChI=1S/C27H18FN5O3/c1-36-20-6-4-5-16(13-20)27-29-23-24(26(35)22-8-3-2-7-21(22)25(23)34)32(27)14-18-15-33(31-30-18)19-11-9-17(28)10-12-19/h2-13,15H,14H2,1H3. The van der Waals surface area contributed by atoms with E-state index in [0.29, 0.717) is 39.6 Å². The molecular weight excluding hydrogens is 461 g/mol. The van der Waals surface area contributed by atoms with Gasteiger partial charge in [0.15, 0.2) is 0 Å². The van der Waals surface area contributed by atoms with Crippen molar-refractivity contribution in [2.45, 2.75) is 6.54 Å². The summed E-state index contributed by atoms with van der Waals surface area (Å²) in [6.45, 7) is 0.136. The van der Waals surface area contributed by atoms with E-state index in [1.807, 2.05) is 12.1 Å². The summed E-state index contributed by atoms with van der Waals surface area (Å²) in [6, 6.07) is 19.8. The molecule has 0 radical (unpaired) electrons. The first kappa shape index (κ1) is 21.6. The number of aromatic nitrogens is 5. The number of carbonyl (C=O) groups is 2. The fourth-order valence-electron chi connectivity index (χ4n) is 4.36. The van der Waals surface area contributed by atoms with Crippen LogP contribution in [-0.2, 0) is 6.54 Å². The number of ether oxygens (including phenoxy) is 1. The Morgan fingerprint density at radius 2 is 1.67 bits per heavy atom. The fourth-order valence-corrected chi connectivity index (χ4v) is 4.36. The molecular formula is C27H18FN5O3. The van der Waals surface area contributed by atoms with Crippen LogP contribution in [0.4, 0.5) is 4.39 Å². The van der Waals surface area contributed by atoms with Crippen LogP contribution in [0.5, 0.6) is 5.75 Å². The van der Waals surface area contributed by atoms with Gasteiger partial charge in [0.1, 0.15) is 34.5 Å². The van der Waals surface area contributed by atoms with Gasteiger partial charge in [-0.3, -0.25) is 9.59 Å². The third-order valence-electron chi connectivity index (χ3n) is 6.09. The van der Waals surface area contributed by atoms with Gasteiger partial charge in [-0.2, -0.15) is 0 Å². The number of nitrogens with zero attached hydrogens (tertiary/aromatic N) is 5. The maximum atomic E-state index is 13.6. The molecule has 176 valence electrons. The van der Waals surface area contributed by atoms with Gasteiger partial charge < -0.3 is 9.30 Å². The van der Waals surface area contributed by atoms with Crippen LogP contribution in [0.1, 0.15) is 37.8 Å². The highest BCUT2D eigenvalue weighted by molar-refractivity contribution is 6.27. The van der Waals surface area contributed by atoms with E-state index in [9.17, 15) is 14.0 Å². The minimum atomic E-state index is -0.351. The molecule has 0 saturated heterocycles. The first-order chi connectivity index (χ1) is 17.5. The van der Waals surface area contributed by atoms with Crippen LogP contribution in [0.15, 0.2) is 79.0 Å². The van der Waals surface area contributed by atoms with Gasteiger partial charge in [0.2, 0.25) is 11.6 Å². The Morgan fingerprint density at radius 1 is 0.917 bits per heavy atom. The third-order valence-corrected chi connectivity index (χ3v) is 6.09. The van der Waals surface area contributed by atoms with Gasteiger partial charge in [-0.05, 0) is 36.4 Å². The molecule has 0 atom stereocenters. The molecule has 8 nitrogen and oxygen atoms in total. The zero-order chi connectivity index (χ0) is 24.8. The molecule has 2 heterocycles. The lowest BCUT2D eigenvalue weighted by atomic mass is 9.90. The van der Waals surface area contributed by atoms with E-state index in [4.69, 9.17) is 4.74 Å². The maximum Gasteiger partial charge on any atom is 0.214 e. The van der Waals surface area contributed by atoms with E-state index < -0.39 is 0 Å². The Balaban J connectivity index is 1.49. The molecule has 0 amide bonds. The minimum absolute atomic E-state index is 0.0995. The number of carbonyl (C=O) groups excluding carboxylic acids is 2. The number of ketones is 2. The van der Waals surface area contributed by atoms with Crippen LogP contribution in [-0.4, -0.2) is 43.2 Å². The van der Waals surface area contributed by atoms with Gasteiger partial charge in [0.25, 0.3) is 0 Å². The lowest BCUT2D eigenvalue weighted by molar-refractivity contribution is 0.0971. The number of hydrogen-bond acceptors (Lipinski definition) is 6. The van der Waals surface area contributed by atoms with Crippen LogP contribution in [0.3, 0.4) is 0 Å². The molecule has 1 aliphatic rings. The van der Waals surface area contributed by atoms with E-state index >= 15 is 0 Å². The molecule has 0 fully saturated rings. The van der Waals surface area contributed by atoms with Gasteiger partial charge in [-0.25, -0.2) is 14.1 Å². The number of methoxy groups -OCH3 is 1. The summed E-state index contributed by atoms with van der Waals surface area (Å²) in [5, 5.41) is 8.39. The predicted octanol–water partition coefficient (Wildman–Crippen LogP) is 4.10. The Labute approximate surface area is 204 Å². The van der Waals surface area contributed by atoms with Crippen molar-refractivity contribution in [2.75, 3.05) is 7.11 Å². The lowest BCUT2D eigenvalue weighted by Gasteiger charge is -2.16. The molecule has 6 rings (SSSR count). The van der Waals surface area contributed by atoms with Crippen molar-refractivity contribution in [3.63, 3.8) is 0 Å². The van der Waals surface area contributed by atoms with Gasteiger partial charge in [-0.1, -0.05) is 41.6 Å². The molecule has 0 unspecified atom stereocenters. The van der Waals surface area contributed by atoms with E-state index in [2.05, 4.69) is 15.3 Å². The molecule has 0 aliphatic heterocycles. The molecule has 5 aromatic rings. The van der Waals surface area contributed by atoms with Crippen molar-refractivity contribution in [3.8, 4) is 22.8 Å². The maximum absolute atomic E-state index is 13.6. The largest absolute Gasteiger partial charge is 0.497 e. The molecule has 1 aliphatic carbocycles. The minimum Gasteiger partial charge on any atom is -0.497 e. The number of fused-ring (bicyclic) bond motifs is 2. The highest BCUT2D eigenvalue weighted by Gasteiger charge is 2.36. The highest BCUT2D eigenvalue weighted by Crippen LogP contribution is 2.33. The number of benzene rings is 3. The zero-order valence-corrected chi connectivity index (χ0v) is 19.1. The molecule has 3 aromatic carbocycles. The number of imidazole rings is 1. The zero-order valence-electron chi connectivity index (χ0n) is 19.1. The molecule has 0 saturated carbocycles. The van der Waals surface area contributed by atoms with E-state index in [1.165, 1.54) is 16.8 Å². The molecule has 0 spiro atoms. The third kappa shape index (κ3) is 3.49. The van der Waals surface area contributed by atoms with Crippen LogP contribution in [0, 0.1) is 5.82 Å². The van der Waals surface area contributed by atoms with Crippen molar-refractivity contribution in [1.29, 1.82) is 0 Å². The van der Waals surface area contributed by atoms with E-state index in [1.54, 1.807) is 66.4 Å². The topological polar surface area (TPSA) is 91.9 Å². The predicted molar refractivity (Wildman–Crippen MR) is 128 cm³/mol. The van der Waals surface area contributed by atoms with Crippen molar-refractivity contribution in [2.24, 2.45) is 0 Å². The first-order valence-electron chi connectivity index (χ1n) is 11.1. The summed E-state index contributed by atoms with van der Waals surface area (Å²) in [5.74, 6) is 0.106. The molecule has 9 heteroatoms. The van der Waals surface area contributed by atoms with Gasteiger partial charge in [0.05, 0.1) is 25.5 Å². The highest BCUT2D eigenvalue weighted by atomic mass is 19.1. The fraction of sp³-hybridized carbons (Fsp3) is 0.0741. The first-order valence-corrected chi connectivity index (χ1v) is 11.1. The second-order valence-corrected chi connectivity index (χ2v) is 8.29. The summed E-state index contributed by atoms with van der Waals surface area (Å²) < 4.78 is 21.9. The van der Waals surface area contributed by atoms with Crippen molar-refractivity contribution in [3.05, 3.63) is 113 Å². The van der Waals surface area contributed by atoms with Crippen LogP contribution in [0.25, 0.3) is 17.1 Å². The van der Waals surface area contributed by atoms with Crippen molar-refractivity contribution in [1.82, 2.24) is 24.5 Å². The number of rotatable bonds is 5. The molecule has 0 N–H and O–H groups in total. The second kappa shape index (κ2) is 8.38. The molecule has 2 aromatic heterocycles. The molecule has 0 bridgehead atoms. The SMILES string of the molecule is COc1cccc(-c2nc3c(n2Cc2cn(-c4ccc(F)cc4)nn2)C(=O)c2ccccc2C3=O)c1. The monoisotopic (exact) mass is 479 g/mol. The van der Waals surface area contributed by atoms with E-state index in [0.717, 1.165) is 0 Å². The van der Waals surface area contributed by atoms with Crippen molar-refractivity contribution < 1.29 is 18.7 Å². The van der Waals surface area contributed by atoms with Crippen LogP contribution in [0.2, 0.25) is 0 Å². The lowest BCUT2D eigenvalue weighted by Crippen LogP contribution is -2.23. The van der Waals surface area contributed by atoms with Gasteiger partial charge >= 0.3 is 0 Å². The second-order valence-electron chi connectivity index (χ2n) is 8.29. The molecule has 36 heavy (non-hydrogen) atoms. The van der Waals surface area contributed by atoms with Crippen LogP contribution < -0.4 is 4.74 Å². The van der Waals surface area contributed by atoms with Crippen LogP contribution >= 0.6 is 0 Å². The average Bonchev–Trinajstić information content (AvgIpc) is 3.53. The Hall–Kier alpha value is -4.92. The quantitative estimate of drug-likeness (QED) is 0.370. The Morgan fingerprint density at radius 3 is 2.42 bits per heavy atom. The summed E-state index contributed by atoms with van der Waals surface area (Å²) in [7, 11) is 1.56. The summed E-state index contributed by atoms with van der Waals surface area (Å²) >= 11 is 0. The summed E-state index contributed by atoms with van der Waals surface area (Å²) in [6.07, 6.45) is 1.69. The average molecular weight is 479 g/mol. The number of halogens is 1. The van der Waals surface area contributed by atoms with E-state index in [-0.39, 0.29) is 35.3 Å². The normalized spacial score (nSPS) is 12.4. The Kier molecular flexibility index (Phi) is 5.03. The summed E-state index contributed by atoms with van der Waals surface area (Å²) in [5.41, 5.74) is 2.82. The summed E-state index contributed by atoms with van der Waals surface area (Å²) in [4.78, 5) is 31.5. The van der Waals surface area contributed by atoms with Gasteiger partial charge in [0, 0.05) is 16.7 Å². The Bertz CT molecular complexity index is 1650. The van der Waals surface area contributed by atoms with Gasteiger partial charge in [-0.15, -0.1) is 5.10 Å².